The van der Waals surface area contributed by atoms with Crippen molar-refractivity contribution < 1.29 is 0 Å². The van der Waals surface area contributed by atoms with Gasteiger partial charge in [-0.3, -0.25) is 9.80 Å². The number of likely N-dealkylation sites (N-methyl/N-ethyl adjacent to an activating group) is 1. The third-order valence-corrected chi connectivity index (χ3v) is 4.02. The highest BCUT2D eigenvalue weighted by Gasteiger charge is 2.28. The summed E-state index contributed by atoms with van der Waals surface area (Å²) in [6, 6.07) is 1.39. The number of rotatable bonds is 1. The average molecular weight is 282 g/mol. The highest BCUT2D eigenvalue weighted by molar-refractivity contribution is 14.1. The minimum atomic E-state index is 0.675. The van der Waals surface area contributed by atoms with Gasteiger partial charge in [-0.05, 0) is 27.8 Å². The number of hydrogen-bond acceptors (Lipinski definition) is 2. The number of hydrogen-bond donors (Lipinski definition) is 0. The third kappa shape index (κ3) is 2.33. The molecule has 0 amide bonds. The van der Waals surface area contributed by atoms with Crippen molar-refractivity contribution in [1.82, 2.24) is 9.80 Å². The molecule has 0 aromatic rings. The normalized spacial score (nSPS) is 34.5. The van der Waals surface area contributed by atoms with Crippen molar-refractivity contribution in [2.24, 2.45) is 0 Å². The topological polar surface area (TPSA) is 6.48 Å². The Bertz CT molecular complexity index is 137. The van der Waals surface area contributed by atoms with Crippen LogP contribution in [0.1, 0.15) is 20.8 Å². The van der Waals surface area contributed by atoms with E-state index in [1.54, 1.807) is 0 Å². The second-order valence-electron chi connectivity index (χ2n) is 4.00. The molecule has 12 heavy (non-hydrogen) atoms. The minimum Gasteiger partial charge on any atom is -0.297 e. The van der Waals surface area contributed by atoms with Crippen LogP contribution in [0.15, 0.2) is 0 Å². The molecule has 2 atom stereocenters. The molecule has 72 valence electrons. The van der Waals surface area contributed by atoms with E-state index in [4.69, 9.17) is 0 Å². The first-order chi connectivity index (χ1) is 5.52. The molecule has 0 spiro atoms. The Morgan fingerprint density at radius 1 is 1.33 bits per heavy atom. The molecule has 1 saturated heterocycles. The largest absolute Gasteiger partial charge is 0.297 e. The number of nitrogens with zero attached hydrogens (tertiary/aromatic N) is 2. The fraction of sp³-hybridized carbons (Fsp3) is 1.00. The lowest BCUT2D eigenvalue weighted by Crippen LogP contribution is -2.55. The molecule has 1 aliphatic rings. The summed E-state index contributed by atoms with van der Waals surface area (Å²) < 4.78 is 0.675. The zero-order chi connectivity index (χ0) is 9.30. The second kappa shape index (κ2) is 4.24. The van der Waals surface area contributed by atoms with E-state index < -0.39 is 0 Å². The van der Waals surface area contributed by atoms with E-state index >= 15 is 0 Å². The van der Waals surface area contributed by atoms with E-state index in [2.05, 4.69) is 60.2 Å². The van der Waals surface area contributed by atoms with Gasteiger partial charge in [0.2, 0.25) is 0 Å². The monoisotopic (exact) mass is 282 g/mol. The first kappa shape index (κ1) is 10.7. The van der Waals surface area contributed by atoms with Crippen LogP contribution >= 0.6 is 22.6 Å². The Labute approximate surface area is 89.4 Å². The smallest absolute Gasteiger partial charge is 0.0747 e. The highest BCUT2D eigenvalue weighted by atomic mass is 127. The highest BCUT2D eigenvalue weighted by Crippen LogP contribution is 2.19. The average Bonchev–Trinajstić information content (AvgIpc) is 1.99. The predicted molar refractivity (Wildman–Crippen MR) is 61.7 cm³/mol. The molecule has 2 nitrogen and oxygen atoms in total. The molecular formula is C9H19IN2. The fourth-order valence-electron chi connectivity index (χ4n) is 1.56. The van der Waals surface area contributed by atoms with Gasteiger partial charge in [-0.25, -0.2) is 0 Å². The summed E-state index contributed by atoms with van der Waals surface area (Å²) in [5, 5.41) is 0. The van der Waals surface area contributed by atoms with Crippen molar-refractivity contribution in [3.05, 3.63) is 0 Å². The molecule has 0 aromatic heterocycles. The lowest BCUT2D eigenvalue weighted by molar-refractivity contribution is 0.0756. The van der Waals surface area contributed by atoms with Gasteiger partial charge in [-0.1, -0.05) is 22.6 Å². The fourth-order valence-corrected chi connectivity index (χ4v) is 2.62. The SMILES string of the molecule is CC(C)N1C[C@@H](I)N(C)[C@@H](C)C1. The van der Waals surface area contributed by atoms with Crippen LogP contribution in [-0.2, 0) is 0 Å². The van der Waals surface area contributed by atoms with Crippen LogP contribution in [0.3, 0.4) is 0 Å². The molecule has 0 bridgehead atoms. The first-order valence-corrected chi connectivity index (χ1v) is 5.87. The molecule has 3 heteroatoms. The Balaban J connectivity index is 2.53. The maximum atomic E-state index is 2.56. The van der Waals surface area contributed by atoms with Gasteiger partial charge >= 0.3 is 0 Å². The van der Waals surface area contributed by atoms with Crippen LogP contribution in [0.4, 0.5) is 0 Å². The number of alkyl halides is 1. The van der Waals surface area contributed by atoms with Crippen LogP contribution in [0.25, 0.3) is 0 Å². The molecule has 0 unspecified atom stereocenters. The summed E-state index contributed by atoms with van der Waals surface area (Å²) in [4.78, 5) is 5.02. The second-order valence-corrected chi connectivity index (χ2v) is 5.43. The summed E-state index contributed by atoms with van der Waals surface area (Å²) in [7, 11) is 2.22. The Hall–Kier alpha value is 0.650. The lowest BCUT2D eigenvalue weighted by atomic mass is 10.2. The van der Waals surface area contributed by atoms with E-state index in [-0.39, 0.29) is 0 Å². The number of halogens is 1. The van der Waals surface area contributed by atoms with Crippen LogP contribution < -0.4 is 0 Å². The van der Waals surface area contributed by atoms with Gasteiger partial charge in [0.1, 0.15) is 0 Å². The molecule has 1 heterocycles. The van der Waals surface area contributed by atoms with Crippen molar-refractivity contribution in [2.45, 2.75) is 36.9 Å². The summed E-state index contributed by atoms with van der Waals surface area (Å²) >= 11 is 2.53. The summed E-state index contributed by atoms with van der Waals surface area (Å²) in [6.45, 7) is 9.29. The van der Waals surface area contributed by atoms with Crippen molar-refractivity contribution in [2.75, 3.05) is 20.1 Å². The molecule has 0 radical (unpaired) electrons. The van der Waals surface area contributed by atoms with E-state index in [9.17, 15) is 0 Å². The van der Waals surface area contributed by atoms with Gasteiger partial charge in [-0.15, -0.1) is 0 Å². The van der Waals surface area contributed by atoms with E-state index in [0.717, 1.165) is 0 Å². The van der Waals surface area contributed by atoms with Crippen LogP contribution in [0.2, 0.25) is 0 Å². The van der Waals surface area contributed by atoms with Gasteiger partial charge in [0, 0.05) is 25.2 Å². The third-order valence-electron chi connectivity index (χ3n) is 2.75. The molecule has 0 N–H and O–H groups in total. The molecule has 0 saturated carbocycles. The van der Waals surface area contributed by atoms with Gasteiger partial charge in [0.15, 0.2) is 0 Å². The van der Waals surface area contributed by atoms with Crippen molar-refractivity contribution in [3.63, 3.8) is 0 Å². The minimum absolute atomic E-state index is 0.675. The number of piperazine rings is 1. The molecule has 1 rings (SSSR count). The van der Waals surface area contributed by atoms with Crippen molar-refractivity contribution in [3.8, 4) is 0 Å². The van der Waals surface area contributed by atoms with Gasteiger partial charge in [0.25, 0.3) is 0 Å². The van der Waals surface area contributed by atoms with Gasteiger partial charge in [0.05, 0.1) is 4.05 Å². The molecule has 1 aliphatic heterocycles. The Kier molecular flexibility index (Phi) is 3.79. The van der Waals surface area contributed by atoms with Crippen LogP contribution in [0, 0.1) is 0 Å². The molecule has 1 fully saturated rings. The standard InChI is InChI=1S/C9H19IN2/c1-7(2)12-5-8(3)11(4)9(10)6-12/h7-9H,5-6H2,1-4H3/t8-,9-/m0/s1. The summed E-state index contributed by atoms with van der Waals surface area (Å²) in [6.07, 6.45) is 0. The van der Waals surface area contributed by atoms with Crippen LogP contribution in [0.5, 0.6) is 0 Å². The summed E-state index contributed by atoms with van der Waals surface area (Å²) in [5.74, 6) is 0. The first-order valence-electron chi connectivity index (χ1n) is 4.62. The van der Waals surface area contributed by atoms with E-state index in [1.165, 1.54) is 13.1 Å². The molecule has 0 aliphatic carbocycles. The van der Waals surface area contributed by atoms with Gasteiger partial charge < -0.3 is 0 Å². The van der Waals surface area contributed by atoms with Gasteiger partial charge in [-0.2, -0.15) is 0 Å². The Morgan fingerprint density at radius 3 is 2.33 bits per heavy atom. The quantitative estimate of drug-likeness (QED) is 0.411. The van der Waals surface area contributed by atoms with Crippen LogP contribution in [-0.4, -0.2) is 46.1 Å². The zero-order valence-electron chi connectivity index (χ0n) is 8.42. The van der Waals surface area contributed by atoms with Crippen molar-refractivity contribution >= 4 is 22.6 Å². The molecular weight excluding hydrogens is 263 g/mol. The maximum Gasteiger partial charge on any atom is 0.0747 e. The summed E-state index contributed by atoms with van der Waals surface area (Å²) in [5.41, 5.74) is 0. The van der Waals surface area contributed by atoms with E-state index in [0.29, 0.717) is 16.1 Å². The van der Waals surface area contributed by atoms with E-state index in [1.807, 2.05) is 0 Å². The lowest BCUT2D eigenvalue weighted by Gasteiger charge is -2.43. The predicted octanol–water partition coefficient (Wildman–Crippen LogP) is 1.79. The maximum absolute atomic E-state index is 2.56. The Morgan fingerprint density at radius 2 is 1.92 bits per heavy atom. The molecule has 0 aromatic carbocycles. The zero-order valence-corrected chi connectivity index (χ0v) is 10.6. The van der Waals surface area contributed by atoms with Crippen molar-refractivity contribution in [1.29, 1.82) is 0 Å².